The van der Waals surface area contributed by atoms with E-state index in [1.807, 2.05) is 13.1 Å². The molecule has 1 unspecified atom stereocenters. The average molecular weight is 331 g/mol. The standard InChI is InChI=1S/C18H21NO5/c1-19-7-6-16-14-10-2-3-11(21)15(14)24-18(16,9-20)13(22)4-5-17(16,23)12(19)8-10/h2-3,12,20-21,23H,4-9H2,1H3/t12-,16-,17?,18+/m1/s1. The van der Waals surface area contributed by atoms with Gasteiger partial charge < -0.3 is 25.0 Å². The molecule has 0 amide bonds. The molecule has 6 nitrogen and oxygen atoms in total. The Kier molecular flexibility index (Phi) is 2.52. The highest BCUT2D eigenvalue weighted by atomic mass is 16.5. The van der Waals surface area contributed by atoms with Crippen LogP contribution in [0, 0.1) is 0 Å². The number of likely N-dealkylation sites (tertiary alicyclic amines) is 1. The molecule has 1 aromatic rings. The number of piperidine rings is 1. The molecule has 2 fully saturated rings. The number of hydrogen-bond donors (Lipinski definition) is 3. The van der Waals surface area contributed by atoms with Gasteiger partial charge in [0.05, 0.1) is 17.6 Å². The minimum absolute atomic E-state index is 0.0297. The van der Waals surface area contributed by atoms with Crippen molar-refractivity contribution in [1.82, 2.24) is 4.90 Å². The minimum Gasteiger partial charge on any atom is -0.504 e. The van der Waals surface area contributed by atoms with E-state index in [-0.39, 0.29) is 29.7 Å². The summed E-state index contributed by atoms with van der Waals surface area (Å²) in [6.45, 7) is 0.220. The fourth-order valence-corrected chi connectivity index (χ4v) is 6.04. The number of carbonyl (C=O) groups is 1. The normalized spacial score (nSPS) is 42.6. The summed E-state index contributed by atoms with van der Waals surface area (Å²) < 4.78 is 6.03. The number of aliphatic hydroxyl groups is 2. The third-order valence-electron chi connectivity index (χ3n) is 7.10. The molecule has 0 radical (unpaired) electrons. The Hall–Kier alpha value is -1.63. The number of ketones is 1. The number of phenolic OH excluding ortho intramolecular Hbond substituents is 1. The van der Waals surface area contributed by atoms with Crippen molar-refractivity contribution in [3.63, 3.8) is 0 Å². The van der Waals surface area contributed by atoms with Crippen LogP contribution in [0.3, 0.4) is 0 Å². The molecule has 5 rings (SSSR count). The first kappa shape index (κ1) is 14.7. The number of hydrogen-bond acceptors (Lipinski definition) is 6. The lowest BCUT2D eigenvalue weighted by atomic mass is 9.45. The minimum atomic E-state index is -1.49. The SMILES string of the molecule is CN1CC[C@]23c4c5ccc(O)c4O[C@@]2(CO)C(=O)CCC3(O)[C@H]1C5. The summed E-state index contributed by atoms with van der Waals surface area (Å²) in [6, 6.07) is 3.31. The summed E-state index contributed by atoms with van der Waals surface area (Å²) in [6.07, 6.45) is 1.70. The zero-order valence-corrected chi connectivity index (χ0v) is 13.6. The highest BCUT2D eigenvalue weighted by Gasteiger charge is 2.79. The van der Waals surface area contributed by atoms with E-state index in [1.54, 1.807) is 6.07 Å². The maximum Gasteiger partial charge on any atom is 0.202 e. The number of benzene rings is 1. The van der Waals surface area contributed by atoms with E-state index in [0.717, 1.165) is 11.1 Å². The molecular weight excluding hydrogens is 310 g/mol. The van der Waals surface area contributed by atoms with E-state index in [1.165, 1.54) is 0 Å². The lowest BCUT2D eigenvalue weighted by Crippen LogP contribution is -2.81. The van der Waals surface area contributed by atoms with Crippen LogP contribution in [0.2, 0.25) is 0 Å². The van der Waals surface area contributed by atoms with E-state index in [9.17, 15) is 20.1 Å². The molecule has 4 aliphatic rings. The molecular formula is C18H21NO5. The first-order valence-electron chi connectivity index (χ1n) is 8.52. The third-order valence-corrected chi connectivity index (χ3v) is 7.10. The van der Waals surface area contributed by atoms with Gasteiger partial charge in [0.15, 0.2) is 17.3 Å². The molecule has 1 saturated carbocycles. The summed E-state index contributed by atoms with van der Waals surface area (Å²) in [7, 11) is 1.99. The van der Waals surface area contributed by atoms with Crippen LogP contribution < -0.4 is 4.74 Å². The van der Waals surface area contributed by atoms with Crippen LogP contribution in [0.1, 0.15) is 30.4 Å². The van der Waals surface area contributed by atoms with Crippen molar-refractivity contribution >= 4 is 5.78 Å². The van der Waals surface area contributed by atoms with Crippen LogP contribution in [0.25, 0.3) is 0 Å². The number of likely N-dealkylation sites (N-methyl/N-ethyl adjacent to an activating group) is 1. The highest BCUT2D eigenvalue weighted by Crippen LogP contribution is 2.68. The lowest BCUT2D eigenvalue weighted by molar-refractivity contribution is -0.216. The molecule has 2 heterocycles. The van der Waals surface area contributed by atoms with Gasteiger partial charge in [0, 0.05) is 18.0 Å². The number of rotatable bonds is 1. The van der Waals surface area contributed by atoms with Crippen LogP contribution in [-0.4, -0.2) is 63.4 Å². The Labute approximate surface area is 139 Å². The number of nitrogens with zero attached hydrogens (tertiary/aromatic N) is 1. The van der Waals surface area contributed by atoms with Crippen molar-refractivity contribution in [3.8, 4) is 11.5 Å². The number of Topliss-reactive ketones (excluding diaryl/α,β-unsaturated/α-hetero) is 1. The van der Waals surface area contributed by atoms with Crippen molar-refractivity contribution < 1.29 is 24.9 Å². The molecule has 24 heavy (non-hydrogen) atoms. The van der Waals surface area contributed by atoms with Gasteiger partial charge in [-0.15, -0.1) is 0 Å². The zero-order chi connectivity index (χ0) is 16.9. The smallest absolute Gasteiger partial charge is 0.202 e. The number of ether oxygens (including phenoxy) is 1. The third kappa shape index (κ3) is 1.21. The first-order valence-corrected chi connectivity index (χ1v) is 8.52. The largest absolute Gasteiger partial charge is 0.504 e. The first-order chi connectivity index (χ1) is 11.4. The van der Waals surface area contributed by atoms with Gasteiger partial charge in [-0.2, -0.15) is 0 Å². The Morgan fingerprint density at radius 3 is 2.92 bits per heavy atom. The molecule has 128 valence electrons. The predicted molar refractivity (Wildman–Crippen MR) is 84.2 cm³/mol. The molecule has 3 N–H and O–H groups in total. The highest BCUT2D eigenvalue weighted by molar-refractivity contribution is 5.94. The maximum atomic E-state index is 12.9. The fourth-order valence-electron chi connectivity index (χ4n) is 6.04. The molecule has 2 aliphatic carbocycles. The topological polar surface area (TPSA) is 90.2 Å². The summed E-state index contributed by atoms with van der Waals surface area (Å²) in [4.78, 5) is 15.1. The van der Waals surface area contributed by atoms with Crippen molar-refractivity contribution in [1.29, 1.82) is 0 Å². The fraction of sp³-hybridized carbons (Fsp3) is 0.611. The van der Waals surface area contributed by atoms with E-state index in [0.29, 0.717) is 25.8 Å². The second-order valence-electron chi connectivity index (χ2n) is 7.74. The van der Waals surface area contributed by atoms with Crippen LogP contribution in [0.5, 0.6) is 11.5 Å². The molecule has 1 aromatic carbocycles. The van der Waals surface area contributed by atoms with Crippen LogP contribution in [0.4, 0.5) is 0 Å². The molecule has 4 atom stereocenters. The maximum absolute atomic E-state index is 12.9. The van der Waals surface area contributed by atoms with Crippen LogP contribution in [0.15, 0.2) is 12.1 Å². The van der Waals surface area contributed by atoms with Gasteiger partial charge in [0.1, 0.15) is 0 Å². The van der Waals surface area contributed by atoms with Gasteiger partial charge in [0.2, 0.25) is 5.60 Å². The van der Waals surface area contributed by atoms with Crippen molar-refractivity contribution in [2.75, 3.05) is 20.2 Å². The predicted octanol–water partition coefficient (Wildman–Crippen LogP) is 0.108. The second kappa shape index (κ2) is 4.12. The van der Waals surface area contributed by atoms with Crippen molar-refractivity contribution in [3.05, 3.63) is 23.3 Å². The summed E-state index contributed by atoms with van der Waals surface area (Å²) in [5, 5.41) is 32.4. The van der Waals surface area contributed by atoms with E-state index < -0.39 is 23.2 Å². The van der Waals surface area contributed by atoms with Gasteiger partial charge in [-0.1, -0.05) is 6.07 Å². The van der Waals surface area contributed by atoms with E-state index in [4.69, 9.17) is 4.74 Å². The lowest BCUT2D eigenvalue weighted by Gasteiger charge is -2.64. The Balaban J connectivity index is 1.92. The van der Waals surface area contributed by atoms with E-state index in [2.05, 4.69) is 4.90 Å². The van der Waals surface area contributed by atoms with Crippen molar-refractivity contribution in [2.24, 2.45) is 0 Å². The number of phenols is 1. The Morgan fingerprint density at radius 2 is 2.17 bits per heavy atom. The Morgan fingerprint density at radius 1 is 1.38 bits per heavy atom. The molecule has 0 aromatic heterocycles. The van der Waals surface area contributed by atoms with Crippen LogP contribution in [-0.2, 0) is 16.6 Å². The summed E-state index contributed by atoms with van der Waals surface area (Å²) in [5.41, 5.74) is -1.88. The molecule has 1 spiro atoms. The zero-order valence-electron chi connectivity index (χ0n) is 13.6. The van der Waals surface area contributed by atoms with Gasteiger partial charge in [-0.25, -0.2) is 0 Å². The van der Waals surface area contributed by atoms with Gasteiger partial charge >= 0.3 is 0 Å². The molecule has 2 aliphatic heterocycles. The average Bonchev–Trinajstić information content (AvgIpc) is 2.88. The van der Waals surface area contributed by atoms with Gasteiger partial charge in [-0.3, -0.25) is 4.79 Å². The van der Waals surface area contributed by atoms with Crippen LogP contribution >= 0.6 is 0 Å². The Bertz CT molecular complexity index is 779. The summed E-state index contributed by atoms with van der Waals surface area (Å²) in [5.74, 6) is 0.0672. The summed E-state index contributed by atoms with van der Waals surface area (Å²) >= 11 is 0. The van der Waals surface area contributed by atoms with E-state index >= 15 is 0 Å². The second-order valence-corrected chi connectivity index (χ2v) is 7.74. The monoisotopic (exact) mass is 331 g/mol. The van der Waals surface area contributed by atoms with Gasteiger partial charge in [0.25, 0.3) is 0 Å². The molecule has 1 saturated heterocycles. The molecule has 2 bridgehead atoms. The number of carbonyl (C=O) groups excluding carboxylic acids is 1. The quantitative estimate of drug-likeness (QED) is 0.677. The number of aromatic hydroxyl groups is 1. The number of aliphatic hydroxyl groups excluding tert-OH is 1. The molecule has 6 heteroatoms. The van der Waals surface area contributed by atoms with Gasteiger partial charge in [-0.05, 0) is 44.5 Å². The van der Waals surface area contributed by atoms with Crippen molar-refractivity contribution in [2.45, 2.75) is 48.3 Å².